The summed E-state index contributed by atoms with van der Waals surface area (Å²) in [4.78, 5) is 72.8. The molecule has 0 heterocycles. The Morgan fingerprint density at radius 2 is 0.526 bits per heavy atom. The largest absolute Gasteiger partial charge is 0.472 e. The van der Waals surface area contributed by atoms with Crippen LogP contribution in [-0.4, -0.2) is 96.7 Å². The Morgan fingerprint density at radius 3 is 0.784 bits per heavy atom. The zero-order valence-corrected chi connectivity index (χ0v) is 65.2. The number of aliphatic hydroxyl groups is 1. The van der Waals surface area contributed by atoms with Crippen LogP contribution in [0.1, 0.15) is 408 Å². The maximum absolute atomic E-state index is 13.1. The second-order valence-corrected chi connectivity index (χ2v) is 31.7. The van der Waals surface area contributed by atoms with E-state index in [1.807, 2.05) is 0 Å². The normalized spacial score (nSPS) is 14.2. The Labute approximate surface area is 594 Å². The molecule has 3 N–H and O–H groups in total. The molecule has 0 aromatic heterocycles. The number of unbranched alkanes of at least 4 members (excludes halogenated alkanes) is 46. The lowest BCUT2D eigenvalue weighted by Gasteiger charge is -2.21. The van der Waals surface area contributed by atoms with Crippen LogP contribution in [0.25, 0.3) is 0 Å². The quantitative estimate of drug-likeness (QED) is 0.0222. The molecule has 0 fully saturated rings. The zero-order valence-electron chi connectivity index (χ0n) is 63.4. The van der Waals surface area contributed by atoms with Crippen molar-refractivity contribution < 1.29 is 80.2 Å². The molecule has 19 heteroatoms. The Balaban J connectivity index is 5.19. The molecule has 6 atom stereocenters. The van der Waals surface area contributed by atoms with Crippen molar-refractivity contribution in [2.24, 2.45) is 11.8 Å². The summed E-state index contributed by atoms with van der Waals surface area (Å²) in [6, 6.07) is 0. The molecule has 0 aromatic rings. The van der Waals surface area contributed by atoms with Gasteiger partial charge in [0, 0.05) is 25.7 Å². The summed E-state index contributed by atoms with van der Waals surface area (Å²) in [5.74, 6) is -0.626. The number of ether oxygens (including phenoxy) is 4. The molecule has 576 valence electrons. The first-order valence-electron chi connectivity index (χ1n) is 40.5. The van der Waals surface area contributed by atoms with Gasteiger partial charge in [-0.1, -0.05) is 356 Å². The lowest BCUT2D eigenvalue weighted by molar-refractivity contribution is -0.161. The van der Waals surface area contributed by atoms with Crippen molar-refractivity contribution in [3.63, 3.8) is 0 Å². The topological polar surface area (TPSA) is 237 Å². The van der Waals surface area contributed by atoms with E-state index in [2.05, 4.69) is 41.5 Å². The molecule has 0 aliphatic heterocycles. The second kappa shape index (κ2) is 69.8. The number of phosphoric acid groups is 2. The maximum atomic E-state index is 13.1. The van der Waals surface area contributed by atoms with Gasteiger partial charge in [-0.15, -0.1) is 0 Å². The molecule has 0 rings (SSSR count). The minimum atomic E-state index is -4.96. The first-order chi connectivity index (χ1) is 46.9. The third kappa shape index (κ3) is 70.9. The highest BCUT2D eigenvalue weighted by Crippen LogP contribution is 2.45. The van der Waals surface area contributed by atoms with Crippen LogP contribution in [0, 0.1) is 11.8 Å². The molecular formula is C78H152O17P2. The molecule has 0 bridgehead atoms. The lowest BCUT2D eigenvalue weighted by Crippen LogP contribution is -2.30. The number of carbonyl (C=O) groups is 4. The van der Waals surface area contributed by atoms with Gasteiger partial charge in [-0.2, -0.15) is 0 Å². The number of phosphoric ester groups is 2. The van der Waals surface area contributed by atoms with Crippen molar-refractivity contribution in [1.82, 2.24) is 0 Å². The van der Waals surface area contributed by atoms with Crippen LogP contribution in [0.3, 0.4) is 0 Å². The smallest absolute Gasteiger partial charge is 0.462 e. The summed E-state index contributed by atoms with van der Waals surface area (Å²) < 4.78 is 68.6. The Hall–Kier alpha value is -1.94. The highest BCUT2D eigenvalue weighted by atomic mass is 31.2. The minimum absolute atomic E-state index is 0.106. The van der Waals surface area contributed by atoms with Gasteiger partial charge in [0.1, 0.15) is 19.3 Å². The van der Waals surface area contributed by atoms with Crippen molar-refractivity contribution in [1.29, 1.82) is 0 Å². The fourth-order valence-corrected chi connectivity index (χ4v) is 13.6. The van der Waals surface area contributed by atoms with E-state index in [1.54, 1.807) is 0 Å². The van der Waals surface area contributed by atoms with Gasteiger partial charge in [0.05, 0.1) is 26.4 Å². The molecule has 17 nitrogen and oxygen atoms in total. The average molecular weight is 1420 g/mol. The van der Waals surface area contributed by atoms with Crippen LogP contribution in [-0.2, 0) is 65.4 Å². The van der Waals surface area contributed by atoms with Gasteiger partial charge in [-0.3, -0.25) is 37.3 Å². The van der Waals surface area contributed by atoms with E-state index in [0.29, 0.717) is 25.7 Å². The molecule has 0 radical (unpaired) electrons. The average Bonchev–Trinajstić information content (AvgIpc) is 1.61. The van der Waals surface area contributed by atoms with E-state index in [9.17, 15) is 43.2 Å². The fraction of sp³-hybridized carbons (Fsp3) is 0.949. The predicted octanol–water partition coefficient (Wildman–Crippen LogP) is 23.1. The molecule has 3 unspecified atom stereocenters. The fourth-order valence-electron chi connectivity index (χ4n) is 12.0. The monoisotopic (exact) mass is 1420 g/mol. The van der Waals surface area contributed by atoms with Crippen molar-refractivity contribution in [3.05, 3.63) is 0 Å². The van der Waals surface area contributed by atoms with Gasteiger partial charge in [0.15, 0.2) is 12.2 Å². The summed E-state index contributed by atoms with van der Waals surface area (Å²) in [7, 11) is -9.91. The van der Waals surface area contributed by atoms with Crippen LogP contribution in [0.4, 0.5) is 0 Å². The number of hydrogen-bond acceptors (Lipinski definition) is 15. The number of esters is 4. The third-order valence-electron chi connectivity index (χ3n) is 18.6. The van der Waals surface area contributed by atoms with E-state index >= 15 is 0 Å². The Bertz CT molecular complexity index is 1870. The molecule has 97 heavy (non-hydrogen) atoms. The van der Waals surface area contributed by atoms with Crippen molar-refractivity contribution >= 4 is 39.5 Å². The van der Waals surface area contributed by atoms with Gasteiger partial charge in [0.2, 0.25) is 0 Å². The Kier molecular flexibility index (Phi) is 68.4. The van der Waals surface area contributed by atoms with Gasteiger partial charge >= 0.3 is 39.5 Å². The van der Waals surface area contributed by atoms with Crippen LogP contribution >= 0.6 is 15.6 Å². The third-order valence-corrected chi connectivity index (χ3v) is 20.5. The first-order valence-corrected chi connectivity index (χ1v) is 43.5. The van der Waals surface area contributed by atoms with Gasteiger partial charge < -0.3 is 33.8 Å². The minimum Gasteiger partial charge on any atom is -0.462 e. The lowest BCUT2D eigenvalue weighted by atomic mass is 10.00. The van der Waals surface area contributed by atoms with Crippen LogP contribution in [0.5, 0.6) is 0 Å². The van der Waals surface area contributed by atoms with Gasteiger partial charge in [0.25, 0.3) is 0 Å². The zero-order chi connectivity index (χ0) is 71.4. The first kappa shape index (κ1) is 95.1. The van der Waals surface area contributed by atoms with Gasteiger partial charge in [-0.25, -0.2) is 9.13 Å². The van der Waals surface area contributed by atoms with E-state index in [1.165, 1.54) is 218 Å². The number of rotatable bonds is 77. The van der Waals surface area contributed by atoms with Crippen LogP contribution < -0.4 is 0 Å². The van der Waals surface area contributed by atoms with Gasteiger partial charge in [-0.05, 0) is 37.5 Å². The van der Waals surface area contributed by atoms with E-state index in [-0.39, 0.29) is 25.7 Å². The summed E-state index contributed by atoms with van der Waals surface area (Å²) in [6.45, 7) is 9.56. The standard InChI is InChI=1S/C78H152O17P2/c1-7-10-12-14-16-18-20-22-23-24-25-26-27-28-29-30-31-33-39-43-51-57-63-78(83)94-73(66-88-75(80)60-54-48-41-37-35-34-36-40-46-52-58-70(4)5)68-92-96(84,85)90-64-72(79)65-91-97(86,87)93-69-74(67-89-76(81)61-55-49-45-44-47-53-59-71(6)9-3)95-77(82)62-56-50-42-38-32-21-19-17-15-13-11-8-2/h70-74,79H,7-69H2,1-6H3,(H,84,85)(H,86,87)/t71?,72-,73-,74-/m1/s1. The van der Waals surface area contributed by atoms with E-state index in [0.717, 1.165) is 108 Å². The van der Waals surface area contributed by atoms with E-state index in [4.69, 9.17) is 37.0 Å². The molecular weight excluding hydrogens is 1270 g/mol. The van der Waals surface area contributed by atoms with Crippen LogP contribution in [0.2, 0.25) is 0 Å². The number of aliphatic hydroxyl groups excluding tert-OH is 1. The SMILES string of the molecule is CCCCCCCCCCCCCCCCCCCCCCCCC(=O)O[C@H](COC(=O)CCCCCCCCCCCCC(C)C)COP(=O)(O)OC[C@@H](O)COP(=O)(O)OC[C@@H](COC(=O)CCCCCCCCC(C)CC)OC(=O)CCCCCCCCCCCCCC. The summed E-state index contributed by atoms with van der Waals surface area (Å²) >= 11 is 0. The molecule has 0 aliphatic rings. The Morgan fingerprint density at radius 1 is 0.299 bits per heavy atom. The molecule has 0 aliphatic carbocycles. The maximum Gasteiger partial charge on any atom is 0.472 e. The summed E-state index contributed by atoms with van der Waals surface area (Å²) in [5, 5.41) is 10.6. The number of hydrogen-bond donors (Lipinski definition) is 3. The summed E-state index contributed by atoms with van der Waals surface area (Å²) in [5.41, 5.74) is 0. The van der Waals surface area contributed by atoms with Crippen molar-refractivity contribution in [3.8, 4) is 0 Å². The molecule has 0 amide bonds. The molecule has 0 saturated heterocycles. The van der Waals surface area contributed by atoms with Crippen molar-refractivity contribution in [2.75, 3.05) is 39.6 Å². The second-order valence-electron chi connectivity index (χ2n) is 28.8. The highest BCUT2D eigenvalue weighted by molar-refractivity contribution is 7.47. The molecule has 0 aromatic carbocycles. The van der Waals surface area contributed by atoms with Crippen molar-refractivity contribution in [2.45, 2.75) is 426 Å². The predicted molar refractivity (Wildman–Crippen MR) is 395 cm³/mol. The summed E-state index contributed by atoms with van der Waals surface area (Å²) in [6.07, 6.45) is 58.4. The number of carbonyl (C=O) groups excluding carboxylic acids is 4. The highest BCUT2D eigenvalue weighted by Gasteiger charge is 2.30. The van der Waals surface area contributed by atoms with E-state index < -0.39 is 97.5 Å². The van der Waals surface area contributed by atoms with Crippen LogP contribution in [0.15, 0.2) is 0 Å². The molecule has 0 saturated carbocycles. The molecule has 0 spiro atoms.